The first-order valence-corrected chi connectivity index (χ1v) is 12.1. The minimum Gasteiger partial charge on any atom is -0.292 e. The van der Waals surface area contributed by atoms with Gasteiger partial charge in [0, 0.05) is 18.0 Å². The van der Waals surface area contributed by atoms with Crippen molar-refractivity contribution >= 4 is 11.0 Å². The molecule has 3 heteroatoms. The van der Waals surface area contributed by atoms with Gasteiger partial charge in [-0.1, -0.05) is 70.2 Å². The molecule has 0 saturated carbocycles. The van der Waals surface area contributed by atoms with Crippen molar-refractivity contribution in [1.82, 2.24) is 14.5 Å². The zero-order valence-electron chi connectivity index (χ0n) is 20.6. The number of benzene rings is 3. The molecule has 170 valence electrons. The molecule has 0 unspecified atom stereocenters. The van der Waals surface area contributed by atoms with Crippen LogP contribution < -0.4 is 0 Å². The number of imidazole rings is 1. The van der Waals surface area contributed by atoms with Gasteiger partial charge in [-0.15, -0.1) is 0 Å². The molecule has 3 nitrogen and oxygen atoms in total. The molecule has 5 aromatic rings. The molecule has 0 aliphatic rings. The smallest absolute Gasteiger partial charge is 0.147 e. The minimum absolute atomic E-state index is 0.347. The van der Waals surface area contributed by atoms with Gasteiger partial charge in [0.2, 0.25) is 0 Å². The number of para-hydroxylation sites is 2. The van der Waals surface area contributed by atoms with Crippen molar-refractivity contribution in [3.63, 3.8) is 0 Å². The average molecular weight is 446 g/mol. The molecule has 0 saturated heterocycles. The Labute approximate surface area is 202 Å². The number of hydrogen-bond acceptors (Lipinski definition) is 2. The number of pyridine rings is 1. The first-order chi connectivity index (χ1) is 16.5. The van der Waals surface area contributed by atoms with Gasteiger partial charge in [0.05, 0.1) is 16.7 Å². The van der Waals surface area contributed by atoms with Crippen LogP contribution in [0.2, 0.25) is 0 Å². The summed E-state index contributed by atoms with van der Waals surface area (Å²) in [6, 6.07) is 25.9. The lowest BCUT2D eigenvalue weighted by Gasteiger charge is -2.24. The zero-order valence-corrected chi connectivity index (χ0v) is 20.6. The van der Waals surface area contributed by atoms with Crippen LogP contribution in [0.25, 0.3) is 39.2 Å². The summed E-state index contributed by atoms with van der Waals surface area (Å²) >= 11 is 0. The SMILES string of the molecule is Cc1ccncc1-c1nc2ccccc2n1-c1c(C(C)C)cc(-c2ccccc2)cc1C(C)C. The molecule has 0 bridgehead atoms. The summed E-state index contributed by atoms with van der Waals surface area (Å²) in [7, 11) is 0. The Balaban J connectivity index is 1.90. The van der Waals surface area contributed by atoms with E-state index in [-0.39, 0.29) is 0 Å². The second-order valence-electron chi connectivity index (χ2n) is 9.63. The van der Waals surface area contributed by atoms with Gasteiger partial charge in [0.15, 0.2) is 0 Å². The van der Waals surface area contributed by atoms with E-state index in [9.17, 15) is 0 Å². The number of rotatable bonds is 5. The van der Waals surface area contributed by atoms with E-state index in [0.717, 1.165) is 22.4 Å². The molecule has 2 heterocycles. The normalized spacial score (nSPS) is 11.6. The standard InChI is InChI=1S/C31H31N3/c1-20(2)25-17-24(23-11-7-6-8-12-23)18-26(21(3)4)30(25)34-29-14-10-9-13-28(29)33-31(34)27-19-32-16-15-22(27)5/h6-21H,1-5H3. The number of nitrogens with zero attached hydrogens (tertiary/aromatic N) is 3. The van der Waals surface area contributed by atoms with Crippen LogP contribution in [-0.2, 0) is 0 Å². The summed E-state index contributed by atoms with van der Waals surface area (Å²) in [4.78, 5) is 9.57. The van der Waals surface area contributed by atoms with Crippen LogP contribution in [0.4, 0.5) is 0 Å². The van der Waals surface area contributed by atoms with E-state index < -0.39 is 0 Å². The Kier molecular flexibility index (Phi) is 5.79. The molecule has 0 spiro atoms. The Morgan fingerprint density at radius 1 is 0.735 bits per heavy atom. The van der Waals surface area contributed by atoms with Gasteiger partial charge in [0.1, 0.15) is 5.82 Å². The van der Waals surface area contributed by atoms with Gasteiger partial charge in [-0.05, 0) is 76.9 Å². The summed E-state index contributed by atoms with van der Waals surface area (Å²) in [5.74, 6) is 1.64. The van der Waals surface area contributed by atoms with E-state index in [1.165, 1.54) is 33.5 Å². The van der Waals surface area contributed by atoms with E-state index in [1.807, 2.05) is 12.4 Å². The number of aromatic nitrogens is 3. The van der Waals surface area contributed by atoms with Crippen LogP contribution in [-0.4, -0.2) is 14.5 Å². The largest absolute Gasteiger partial charge is 0.292 e. The van der Waals surface area contributed by atoms with Crippen molar-refractivity contribution in [2.24, 2.45) is 0 Å². The first-order valence-electron chi connectivity index (χ1n) is 12.1. The Morgan fingerprint density at radius 2 is 1.38 bits per heavy atom. The van der Waals surface area contributed by atoms with Crippen molar-refractivity contribution in [3.8, 4) is 28.2 Å². The fourth-order valence-electron chi connectivity index (χ4n) is 4.75. The summed E-state index contributed by atoms with van der Waals surface area (Å²) in [6.45, 7) is 11.3. The number of hydrogen-bond donors (Lipinski definition) is 0. The van der Waals surface area contributed by atoms with Gasteiger partial charge < -0.3 is 0 Å². The van der Waals surface area contributed by atoms with Gasteiger partial charge >= 0.3 is 0 Å². The second kappa shape index (κ2) is 8.90. The lowest BCUT2D eigenvalue weighted by molar-refractivity contribution is 0.811. The third kappa shape index (κ3) is 3.81. The molecule has 0 fully saturated rings. The van der Waals surface area contributed by atoms with Crippen LogP contribution in [0.15, 0.2) is 85.2 Å². The van der Waals surface area contributed by atoms with Crippen molar-refractivity contribution in [2.45, 2.75) is 46.5 Å². The highest BCUT2D eigenvalue weighted by Crippen LogP contribution is 2.40. The Morgan fingerprint density at radius 3 is 2.03 bits per heavy atom. The minimum atomic E-state index is 0.347. The van der Waals surface area contributed by atoms with E-state index in [1.54, 1.807) is 0 Å². The molecule has 0 aliphatic carbocycles. The van der Waals surface area contributed by atoms with Crippen LogP contribution in [0, 0.1) is 6.92 Å². The van der Waals surface area contributed by atoms with Gasteiger partial charge in [-0.2, -0.15) is 0 Å². The zero-order chi connectivity index (χ0) is 23.8. The molecule has 0 N–H and O–H groups in total. The molecule has 3 aromatic carbocycles. The molecule has 34 heavy (non-hydrogen) atoms. The maximum absolute atomic E-state index is 5.12. The summed E-state index contributed by atoms with van der Waals surface area (Å²) < 4.78 is 2.37. The third-order valence-corrected chi connectivity index (χ3v) is 6.58. The van der Waals surface area contributed by atoms with Crippen molar-refractivity contribution in [3.05, 3.63) is 102 Å². The van der Waals surface area contributed by atoms with Crippen LogP contribution >= 0.6 is 0 Å². The van der Waals surface area contributed by atoms with Crippen LogP contribution in [0.1, 0.15) is 56.2 Å². The second-order valence-corrected chi connectivity index (χ2v) is 9.63. The molecule has 0 aliphatic heterocycles. The fourth-order valence-corrected chi connectivity index (χ4v) is 4.75. The molecule has 5 rings (SSSR count). The van der Waals surface area contributed by atoms with Crippen molar-refractivity contribution in [1.29, 1.82) is 0 Å². The Bertz CT molecular complexity index is 1430. The first kappa shape index (κ1) is 22.1. The molecule has 0 amide bonds. The number of aryl methyl sites for hydroxylation is 1. The van der Waals surface area contributed by atoms with Crippen molar-refractivity contribution in [2.75, 3.05) is 0 Å². The summed E-state index contributed by atoms with van der Waals surface area (Å²) in [6.07, 6.45) is 3.79. The van der Waals surface area contributed by atoms with E-state index in [4.69, 9.17) is 4.98 Å². The topological polar surface area (TPSA) is 30.7 Å². The van der Waals surface area contributed by atoms with Gasteiger partial charge in [-0.3, -0.25) is 9.55 Å². The predicted molar refractivity (Wildman–Crippen MR) is 143 cm³/mol. The van der Waals surface area contributed by atoms with E-state index in [0.29, 0.717) is 11.8 Å². The lowest BCUT2D eigenvalue weighted by Crippen LogP contribution is -2.09. The summed E-state index contributed by atoms with van der Waals surface area (Å²) in [5.41, 5.74) is 10.8. The lowest BCUT2D eigenvalue weighted by atomic mass is 9.88. The quantitative estimate of drug-likeness (QED) is 0.272. The molecule has 0 radical (unpaired) electrons. The predicted octanol–water partition coefficient (Wildman–Crippen LogP) is 8.31. The van der Waals surface area contributed by atoms with E-state index >= 15 is 0 Å². The molecular weight excluding hydrogens is 414 g/mol. The van der Waals surface area contributed by atoms with E-state index in [2.05, 4.69) is 117 Å². The highest BCUT2D eigenvalue weighted by atomic mass is 15.1. The Hall–Kier alpha value is -3.72. The molecule has 2 aromatic heterocycles. The maximum atomic E-state index is 5.12. The highest BCUT2D eigenvalue weighted by Gasteiger charge is 2.24. The van der Waals surface area contributed by atoms with Crippen LogP contribution in [0.3, 0.4) is 0 Å². The average Bonchev–Trinajstić information content (AvgIpc) is 3.23. The molecular formula is C31H31N3. The van der Waals surface area contributed by atoms with Crippen molar-refractivity contribution < 1.29 is 0 Å². The van der Waals surface area contributed by atoms with Gasteiger partial charge in [-0.25, -0.2) is 4.98 Å². The van der Waals surface area contributed by atoms with Crippen LogP contribution in [0.5, 0.6) is 0 Å². The maximum Gasteiger partial charge on any atom is 0.147 e. The third-order valence-electron chi connectivity index (χ3n) is 6.58. The number of fused-ring (bicyclic) bond motifs is 1. The fraction of sp³-hybridized carbons (Fsp3) is 0.226. The highest BCUT2D eigenvalue weighted by molar-refractivity contribution is 5.85. The van der Waals surface area contributed by atoms with Gasteiger partial charge in [0.25, 0.3) is 0 Å². The summed E-state index contributed by atoms with van der Waals surface area (Å²) in [5, 5.41) is 0. The monoisotopic (exact) mass is 445 g/mol. The molecule has 0 atom stereocenters.